The predicted molar refractivity (Wildman–Crippen MR) is 140 cm³/mol. The summed E-state index contributed by atoms with van der Waals surface area (Å²) < 4.78 is 55.8. The highest BCUT2D eigenvalue weighted by atomic mass is 16.8. The third-order valence-electron chi connectivity index (χ3n) is 6.64. The zero-order valence-corrected chi connectivity index (χ0v) is 24.8. The standard InChI is InChI=1S/C27H38O16/c1-11-21(38-12(2)29)24(39-13(3)30)25(40-14(4)31)27(37-11)43-23-20(33)19(32)18(10-28)42-26(23)41-15-8-16(34-5)22(36-7)17(9-15)35-6/h8-9,11,18-21,23-28,32-33H,10H2,1-7H3/t11-,18+,19+,20-,21-,23+,24+,25+,26+,27-/m0/s1. The number of aliphatic hydroxyl groups is 3. The maximum Gasteiger partial charge on any atom is 0.303 e. The fourth-order valence-electron chi connectivity index (χ4n) is 4.79. The average molecular weight is 619 g/mol. The number of carbonyl (C=O) groups excluding carboxylic acids is 3. The SMILES string of the molecule is COc1cc(O[C@@H]2O[C@H](CO)[C@@H](O)[C@H](O)[C@H]2O[C@@H]2O[C@@H](C)[C@H](OC(C)=O)[C@@H](OC(C)=O)[C@H]2OC(C)=O)cc(OC)c1OC. The van der Waals surface area contributed by atoms with E-state index in [1.807, 2.05) is 0 Å². The highest BCUT2D eigenvalue weighted by Crippen LogP contribution is 2.42. The van der Waals surface area contributed by atoms with Crippen LogP contribution >= 0.6 is 0 Å². The number of methoxy groups -OCH3 is 3. The molecule has 0 aliphatic carbocycles. The van der Waals surface area contributed by atoms with Crippen LogP contribution in [0.4, 0.5) is 0 Å². The lowest BCUT2D eigenvalue weighted by atomic mass is 9.97. The molecule has 0 radical (unpaired) electrons. The summed E-state index contributed by atoms with van der Waals surface area (Å²) in [6, 6.07) is 2.88. The minimum atomic E-state index is -1.74. The Morgan fingerprint density at radius 2 is 1.28 bits per heavy atom. The fourth-order valence-corrected chi connectivity index (χ4v) is 4.79. The Labute approximate surface area is 247 Å². The topological polar surface area (TPSA) is 204 Å². The number of esters is 3. The first kappa shape index (κ1) is 34.1. The molecule has 43 heavy (non-hydrogen) atoms. The molecule has 2 saturated heterocycles. The van der Waals surface area contributed by atoms with E-state index in [1.165, 1.54) is 40.4 Å². The Balaban J connectivity index is 2.01. The van der Waals surface area contributed by atoms with E-state index in [1.54, 1.807) is 0 Å². The molecule has 2 aliphatic rings. The van der Waals surface area contributed by atoms with Crippen molar-refractivity contribution in [2.75, 3.05) is 27.9 Å². The van der Waals surface area contributed by atoms with Crippen molar-refractivity contribution in [1.29, 1.82) is 0 Å². The van der Waals surface area contributed by atoms with Crippen LogP contribution in [0.5, 0.6) is 23.0 Å². The van der Waals surface area contributed by atoms with Crippen LogP contribution in [-0.4, -0.2) is 123 Å². The summed E-state index contributed by atoms with van der Waals surface area (Å²) in [5, 5.41) is 31.5. The van der Waals surface area contributed by atoms with Gasteiger partial charge in [-0.25, -0.2) is 0 Å². The minimum absolute atomic E-state index is 0.0931. The molecule has 0 unspecified atom stereocenters. The summed E-state index contributed by atoms with van der Waals surface area (Å²) in [7, 11) is 4.20. The quantitative estimate of drug-likeness (QED) is 0.210. The predicted octanol–water partition coefficient (Wildman–Crippen LogP) is -0.545. The highest BCUT2D eigenvalue weighted by Gasteiger charge is 2.54. The van der Waals surface area contributed by atoms with Crippen LogP contribution in [-0.2, 0) is 42.8 Å². The lowest BCUT2D eigenvalue weighted by molar-refractivity contribution is -0.355. The second-order valence-electron chi connectivity index (χ2n) is 9.72. The van der Waals surface area contributed by atoms with E-state index in [4.69, 9.17) is 47.4 Å². The fraction of sp³-hybridized carbons (Fsp3) is 0.667. The third-order valence-corrected chi connectivity index (χ3v) is 6.64. The molecule has 1 aromatic carbocycles. The minimum Gasteiger partial charge on any atom is -0.493 e. The van der Waals surface area contributed by atoms with Crippen molar-refractivity contribution in [1.82, 2.24) is 0 Å². The smallest absolute Gasteiger partial charge is 0.303 e. The number of ether oxygens (including phenoxy) is 10. The van der Waals surface area contributed by atoms with E-state index in [9.17, 15) is 29.7 Å². The molecule has 0 bridgehead atoms. The first-order valence-electron chi connectivity index (χ1n) is 13.3. The monoisotopic (exact) mass is 618 g/mol. The number of hydrogen-bond donors (Lipinski definition) is 3. The van der Waals surface area contributed by atoms with Crippen molar-refractivity contribution < 1.29 is 77.1 Å². The van der Waals surface area contributed by atoms with Crippen LogP contribution in [0.2, 0.25) is 0 Å². The van der Waals surface area contributed by atoms with Crippen molar-refractivity contribution >= 4 is 17.9 Å². The number of benzene rings is 1. The van der Waals surface area contributed by atoms with Crippen molar-refractivity contribution in [3.8, 4) is 23.0 Å². The van der Waals surface area contributed by atoms with Gasteiger partial charge < -0.3 is 62.7 Å². The van der Waals surface area contributed by atoms with Crippen LogP contribution in [0.25, 0.3) is 0 Å². The molecule has 1 aromatic rings. The van der Waals surface area contributed by atoms with Gasteiger partial charge in [0.05, 0.1) is 34.0 Å². The van der Waals surface area contributed by atoms with Crippen molar-refractivity contribution in [2.24, 2.45) is 0 Å². The third kappa shape index (κ3) is 7.95. The van der Waals surface area contributed by atoms with E-state index in [-0.39, 0.29) is 23.0 Å². The van der Waals surface area contributed by atoms with Gasteiger partial charge in [0, 0.05) is 32.9 Å². The van der Waals surface area contributed by atoms with Gasteiger partial charge in [0.2, 0.25) is 12.0 Å². The van der Waals surface area contributed by atoms with E-state index < -0.39 is 85.9 Å². The summed E-state index contributed by atoms with van der Waals surface area (Å²) in [5.74, 6) is -1.50. The summed E-state index contributed by atoms with van der Waals surface area (Å²) >= 11 is 0. The van der Waals surface area contributed by atoms with Gasteiger partial charge in [0.25, 0.3) is 0 Å². The Morgan fingerprint density at radius 1 is 0.744 bits per heavy atom. The average Bonchev–Trinajstić information content (AvgIpc) is 2.95. The summed E-state index contributed by atoms with van der Waals surface area (Å²) in [6.45, 7) is 4.15. The van der Waals surface area contributed by atoms with Gasteiger partial charge in [-0.15, -0.1) is 0 Å². The number of hydrogen-bond acceptors (Lipinski definition) is 16. The van der Waals surface area contributed by atoms with Gasteiger partial charge in [0.1, 0.15) is 24.1 Å². The summed E-state index contributed by atoms with van der Waals surface area (Å²) in [5.41, 5.74) is 0. The second kappa shape index (κ2) is 14.9. The molecule has 2 fully saturated rings. The molecule has 0 spiro atoms. The number of carbonyl (C=O) groups is 3. The first-order chi connectivity index (χ1) is 20.3. The first-order valence-corrected chi connectivity index (χ1v) is 13.3. The zero-order chi connectivity index (χ0) is 32.0. The molecule has 0 aromatic heterocycles. The molecular weight excluding hydrogens is 580 g/mol. The molecule has 0 saturated carbocycles. The molecule has 2 heterocycles. The van der Waals surface area contributed by atoms with E-state index in [2.05, 4.69) is 0 Å². The molecule has 16 nitrogen and oxygen atoms in total. The Bertz CT molecular complexity index is 1100. The number of aliphatic hydroxyl groups excluding tert-OH is 3. The molecule has 16 heteroatoms. The van der Waals surface area contributed by atoms with Crippen LogP contribution < -0.4 is 18.9 Å². The van der Waals surface area contributed by atoms with Gasteiger partial charge in [-0.2, -0.15) is 0 Å². The van der Waals surface area contributed by atoms with Crippen molar-refractivity contribution in [3.05, 3.63) is 12.1 Å². The van der Waals surface area contributed by atoms with Crippen molar-refractivity contribution in [2.45, 2.75) is 89.1 Å². The van der Waals surface area contributed by atoms with Crippen LogP contribution in [0.3, 0.4) is 0 Å². The number of rotatable bonds is 11. The second-order valence-corrected chi connectivity index (χ2v) is 9.72. The van der Waals surface area contributed by atoms with Gasteiger partial charge in [-0.05, 0) is 6.92 Å². The molecule has 2 aliphatic heterocycles. The lowest BCUT2D eigenvalue weighted by Crippen LogP contribution is -2.65. The van der Waals surface area contributed by atoms with E-state index in [0.717, 1.165) is 20.8 Å². The largest absolute Gasteiger partial charge is 0.493 e. The van der Waals surface area contributed by atoms with Crippen LogP contribution in [0, 0.1) is 0 Å². The van der Waals surface area contributed by atoms with Gasteiger partial charge >= 0.3 is 17.9 Å². The van der Waals surface area contributed by atoms with Gasteiger partial charge in [-0.1, -0.05) is 0 Å². The van der Waals surface area contributed by atoms with E-state index >= 15 is 0 Å². The maximum absolute atomic E-state index is 12.1. The molecule has 10 atom stereocenters. The molecular formula is C27H38O16. The lowest BCUT2D eigenvalue weighted by Gasteiger charge is -2.47. The van der Waals surface area contributed by atoms with Gasteiger partial charge in [0.15, 0.2) is 42.2 Å². The Morgan fingerprint density at radius 3 is 1.77 bits per heavy atom. The normalized spacial score (nSPS) is 32.2. The summed E-state index contributed by atoms with van der Waals surface area (Å²) in [4.78, 5) is 35.9. The van der Waals surface area contributed by atoms with Crippen LogP contribution in [0.1, 0.15) is 27.7 Å². The van der Waals surface area contributed by atoms with E-state index in [0.29, 0.717) is 0 Å². The van der Waals surface area contributed by atoms with Crippen molar-refractivity contribution in [3.63, 3.8) is 0 Å². The molecule has 0 amide bonds. The molecule has 3 N–H and O–H groups in total. The van der Waals surface area contributed by atoms with Gasteiger partial charge in [-0.3, -0.25) is 14.4 Å². The van der Waals surface area contributed by atoms with Crippen LogP contribution in [0.15, 0.2) is 12.1 Å². The summed E-state index contributed by atoms with van der Waals surface area (Å²) in [6.07, 6.45) is -14.4. The Hall–Kier alpha value is -3.41. The molecule has 3 rings (SSSR count). The zero-order valence-electron chi connectivity index (χ0n) is 24.8. The maximum atomic E-state index is 12.1. The molecule has 242 valence electrons. The highest BCUT2D eigenvalue weighted by molar-refractivity contribution is 5.68. The Kier molecular flexibility index (Phi) is 11.8.